The summed E-state index contributed by atoms with van der Waals surface area (Å²) in [4.78, 5) is 44.0. The van der Waals surface area contributed by atoms with Crippen molar-refractivity contribution in [2.75, 3.05) is 12.9 Å². The van der Waals surface area contributed by atoms with Crippen molar-refractivity contribution in [2.45, 2.75) is 6.92 Å². The van der Waals surface area contributed by atoms with Crippen LogP contribution in [0.5, 0.6) is 5.75 Å². The molecule has 0 atom stereocenters. The van der Waals surface area contributed by atoms with E-state index in [0.717, 1.165) is 17.3 Å². The number of nitrogens with one attached hydrogen (secondary N) is 1. The molecular weight excluding hydrogens is 498 g/mol. The number of carbonyl (C=O) groups excluding carboxylic acids is 3. The molecule has 0 bridgehead atoms. The van der Waals surface area contributed by atoms with Crippen molar-refractivity contribution < 1.29 is 36.5 Å². The van der Waals surface area contributed by atoms with E-state index in [1.165, 1.54) is 12.3 Å². The molecule has 1 aliphatic rings. The normalized spacial score (nSPS) is 14.3. The zero-order valence-corrected chi connectivity index (χ0v) is 20.1. The number of hydrogen-bond acceptors (Lipinski definition) is 10. The number of aryl methyl sites for hydroxylation is 1. The van der Waals surface area contributed by atoms with Gasteiger partial charge in [-0.05, 0) is 49.0 Å². The molecule has 0 unspecified atom stereocenters. The number of amides is 2. The van der Waals surface area contributed by atoms with Crippen LogP contribution < -0.4 is 10.1 Å². The summed E-state index contributed by atoms with van der Waals surface area (Å²) in [6.07, 6.45) is 3.65. The van der Waals surface area contributed by atoms with Crippen LogP contribution in [0.2, 0.25) is 0 Å². The number of aromatic nitrogens is 2. The third kappa shape index (κ3) is 7.88. The van der Waals surface area contributed by atoms with Gasteiger partial charge in [0.1, 0.15) is 11.5 Å². The first-order chi connectivity index (χ1) is 16.5. The molecule has 11 nitrogen and oxygen atoms in total. The second kappa shape index (κ2) is 11.1. The molecule has 1 fully saturated rings. The number of ketones is 1. The second-order valence-electron chi connectivity index (χ2n) is 7.01. The molecule has 2 aromatic heterocycles. The summed E-state index contributed by atoms with van der Waals surface area (Å²) in [6, 6.07) is 12.6. The van der Waals surface area contributed by atoms with Crippen LogP contribution in [0.4, 0.5) is 4.79 Å². The summed E-state index contributed by atoms with van der Waals surface area (Å²) < 4.78 is 37.0. The molecule has 35 heavy (non-hydrogen) atoms. The highest BCUT2D eigenvalue weighted by atomic mass is 32.2. The first kappa shape index (κ1) is 25.8. The largest absolute Gasteiger partial charge is 0.484 e. The third-order valence-corrected chi connectivity index (χ3v) is 4.94. The van der Waals surface area contributed by atoms with Crippen LogP contribution in [0.1, 0.15) is 21.9 Å². The van der Waals surface area contributed by atoms with Crippen molar-refractivity contribution in [1.82, 2.24) is 15.3 Å². The first-order valence-electron chi connectivity index (χ1n) is 9.82. The molecule has 2 N–H and O–H groups in total. The molecule has 2 amide bonds. The lowest BCUT2D eigenvalue weighted by atomic mass is 10.2. The average molecular weight is 518 g/mol. The highest BCUT2D eigenvalue weighted by molar-refractivity contribution is 8.18. The number of nitrogens with zero attached hydrogens (tertiary/aromatic N) is 2. The van der Waals surface area contributed by atoms with Gasteiger partial charge in [-0.3, -0.25) is 29.2 Å². The van der Waals surface area contributed by atoms with E-state index in [-0.39, 0.29) is 23.0 Å². The second-order valence-corrected chi connectivity index (χ2v) is 9.49. The number of thioether (sulfide) groups is 1. The van der Waals surface area contributed by atoms with Gasteiger partial charge in [0.05, 0.1) is 23.1 Å². The maximum Gasteiger partial charge on any atom is 0.290 e. The molecule has 13 heteroatoms. The molecule has 0 spiro atoms. The Bertz CT molecular complexity index is 1370. The summed E-state index contributed by atoms with van der Waals surface area (Å²) >= 11 is 0.816. The van der Waals surface area contributed by atoms with Gasteiger partial charge in [0, 0.05) is 5.56 Å². The highest BCUT2D eigenvalue weighted by Crippen LogP contribution is 2.25. The van der Waals surface area contributed by atoms with E-state index in [1.807, 2.05) is 30.3 Å². The van der Waals surface area contributed by atoms with E-state index < -0.39 is 21.3 Å². The molecule has 0 radical (unpaired) electrons. The van der Waals surface area contributed by atoms with Gasteiger partial charge >= 0.3 is 0 Å². The quantitative estimate of drug-likeness (QED) is 0.280. The summed E-state index contributed by atoms with van der Waals surface area (Å²) in [5, 5.41) is 1.76. The Hall–Kier alpha value is -3.81. The minimum Gasteiger partial charge on any atom is -0.484 e. The molecule has 1 aliphatic heterocycles. The smallest absolute Gasteiger partial charge is 0.290 e. The third-order valence-electron chi connectivity index (χ3n) is 4.13. The number of rotatable bonds is 6. The number of ether oxygens (including phenoxy) is 1. The van der Waals surface area contributed by atoms with E-state index >= 15 is 0 Å². The molecule has 0 aliphatic carbocycles. The van der Waals surface area contributed by atoms with E-state index in [2.05, 4.69) is 15.3 Å². The SMILES string of the molecule is CS(=O)(=O)O.Cc1oc(-c2ccccc2)nc1C(=O)COc1ccc(C=C2SC(=O)NC2=O)nc1. The lowest BCUT2D eigenvalue weighted by Gasteiger charge is -2.04. The van der Waals surface area contributed by atoms with Crippen molar-refractivity contribution >= 4 is 44.9 Å². The Kier molecular flexibility index (Phi) is 8.17. The van der Waals surface area contributed by atoms with Crippen molar-refractivity contribution in [3.8, 4) is 17.2 Å². The fourth-order valence-electron chi connectivity index (χ4n) is 2.69. The number of carbonyl (C=O) groups is 3. The van der Waals surface area contributed by atoms with Gasteiger partial charge in [-0.2, -0.15) is 8.42 Å². The van der Waals surface area contributed by atoms with Gasteiger partial charge in [-0.15, -0.1) is 0 Å². The average Bonchev–Trinajstić information content (AvgIpc) is 3.33. The molecular formula is C22H19N3O8S2. The van der Waals surface area contributed by atoms with Crippen molar-refractivity contribution in [3.05, 3.63) is 70.7 Å². The molecule has 182 valence electrons. The number of benzene rings is 1. The monoisotopic (exact) mass is 517 g/mol. The Morgan fingerprint density at radius 2 is 1.89 bits per heavy atom. The van der Waals surface area contributed by atoms with E-state index in [1.54, 1.807) is 19.1 Å². The first-order valence-corrected chi connectivity index (χ1v) is 12.5. The molecule has 0 saturated carbocycles. The zero-order chi connectivity index (χ0) is 25.6. The minimum atomic E-state index is -3.67. The van der Waals surface area contributed by atoms with E-state index in [4.69, 9.17) is 13.7 Å². The number of Topliss-reactive ketones (excluding diaryl/α,β-unsaturated/α-hetero) is 1. The summed E-state index contributed by atoms with van der Waals surface area (Å²) in [7, 11) is -3.67. The fraction of sp³-hybridized carbons (Fsp3) is 0.136. The van der Waals surface area contributed by atoms with Crippen LogP contribution in [-0.2, 0) is 14.9 Å². The topological polar surface area (TPSA) is 166 Å². The standard InChI is InChI=1S/C21H15N3O5S.CH4O3S/c1-12-18(23-20(29-12)13-5-3-2-4-6-13)16(25)11-28-15-8-7-14(22-10-15)9-17-19(26)24-21(27)30-17;1-5(2,3)4/h2-10H,11H2,1H3,(H,24,26,27);1H3,(H,2,3,4). The van der Waals surface area contributed by atoms with Crippen LogP contribution in [0.3, 0.4) is 0 Å². The van der Waals surface area contributed by atoms with Gasteiger partial charge in [0.25, 0.3) is 21.3 Å². The Labute approximate surface area is 204 Å². The Morgan fingerprint density at radius 1 is 1.20 bits per heavy atom. The van der Waals surface area contributed by atoms with Gasteiger partial charge in [-0.1, -0.05) is 18.2 Å². The molecule has 4 rings (SSSR count). The van der Waals surface area contributed by atoms with Crippen LogP contribution in [-0.4, -0.2) is 52.7 Å². The summed E-state index contributed by atoms with van der Waals surface area (Å²) in [5.74, 6) is 0.416. The van der Waals surface area contributed by atoms with Gasteiger partial charge in [-0.25, -0.2) is 4.98 Å². The molecule has 3 aromatic rings. The number of hydrogen-bond donors (Lipinski definition) is 2. The summed E-state index contributed by atoms with van der Waals surface area (Å²) in [5.41, 5.74) is 1.49. The lowest BCUT2D eigenvalue weighted by molar-refractivity contribution is -0.115. The molecule has 1 aromatic carbocycles. The Balaban J connectivity index is 0.000000623. The van der Waals surface area contributed by atoms with Crippen molar-refractivity contribution in [3.63, 3.8) is 0 Å². The molecule has 3 heterocycles. The predicted octanol–water partition coefficient (Wildman–Crippen LogP) is 3.13. The van der Waals surface area contributed by atoms with Gasteiger partial charge in [0.15, 0.2) is 12.3 Å². The van der Waals surface area contributed by atoms with Crippen LogP contribution in [0.15, 0.2) is 58.0 Å². The highest BCUT2D eigenvalue weighted by Gasteiger charge is 2.25. The summed E-state index contributed by atoms with van der Waals surface area (Å²) in [6.45, 7) is 1.45. The van der Waals surface area contributed by atoms with Gasteiger partial charge in [0.2, 0.25) is 11.7 Å². The van der Waals surface area contributed by atoms with Crippen LogP contribution >= 0.6 is 11.8 Å². The number of imide groups is 1. The van der Waals surface area contributed by atoms with E-state index in [0.29, 0.717) is 29.4 Å². The van der Waals surface area contributed by atoms with Crippen molar-refractivity contribution in [2.24, 2.45) is 0 Å². The predicted molar refractivity (Wildman–Crippen MR) is 127 cm³/mol. The van der Waals surface area contributed by atoms with Crippen LogP contribution in [0, 0.1) is 6.92 Å². The van der Waals surface area contributed by atoms with Gasteiger partial charge < -0.3 is 9.15 Å². The maximum absolute atomic E-state index is 12.5. The van der Waals surface area contributed by atoms with E-state index in [9.17, 15) is 22.8 Å². The number of oxazole rings is 1. The lowest BCUT2D eigenvalue weighted by Crippen LogP contribution is -2.17. The maximum atomic E-state index is 12.5. The fourth-order valence-corrected chi connectivity index (χ4v) is 3.36. The molecule has 1 saturated heterocycles. The number of pyridine rings is 1. The zero-order valence-electron chi connectivity index (χ0n) is 18.4. The van der Waals surface area contributed by atoms with Crippen molar-refractivity contribution in [1.29, 1.82) is 0 Å². The van der Waals surface area contributed by atoms with Crippen LogP contribution in [0.25, 0.3) is 17.5 Å². The minimum absolute atomic E-state index is 0.220. The Morgan fingerprint density at radius 3 is 2.46 bits per heavy atom.